The molecule has 3 heterocycles. The second-order valence-electron chi connectivity index (χ2n) is 7.89. The number of rotatable bonds is 4. The normalized spacial score (nSPS) is 21.5. The van der Waals surface area contributed by atoms with E-state index in [1.165, 1.54) is 18.4 Å². The minimum atomic E-state index is 0.708. The average molecular weight is 366 g/mol. The number of likely N-dealkylation sites (N-methyl/N-ethyl adjacent to an activating group) is 1. The van der Waals surface area contributed by atoms with E-state index in [4.69, 9.17) is 9.97 Å². The summed E-state index contributed by atoms with van der Waals surface area (Å²) in [6.07, 6.45) is 2.53. The van der Waals surface area contributed by atoms with Crippen LogP contribution < -0.4 is 9.80 Å². The van der Waals surface area contributed by atoms with Crippen molar-refractivity contribution in [3.05, 3.63) is 36.4 Å². The molecule has 0 aliphatic carbocycles. The highest BCUT2D eigenvalue weighted by Crippen LogP contribution is 2.27. The molecule has 0 amide bonds. The number of piperazine rings is 1. The summed E-state index contributed by atoms with van der Waals surface area (Å²) in [5.41, 5.74) is 2.20. The fourth-order valence-electron chi connectivity index (χ4n) is 4.15. The Labute approximate surface area is 163 Å². The minimum Gasteiger partial charge on any atom is -0.354 e. The molecule has 0 spiro atoms. The molecule has 5 nitrogen and oxygen atoms in total. The van der Waals surface area contributed by atoms with Crippen LogP contribution in [0.4, 0.5) is 11.8 Å². The van der Waals surface area contributed by atoms with Gasteiger partial charge in [-0.2, -0.15) is 4.98 Å². The molecule has 0 N–H and O–H groups in total. The molecule has 1 aromatic heterocycles. The maximum atomic E-state index is 5.01. The third-order valence-electron chi connectivity index (χ3n) is 5.85. The molecule has 144 valence electrons. The van der Waals surface area contributed by atoms with Crippen LogP contribution in [-0.4, -0.2) is 60.7 Å². The fraction of sp³-hybridized carbons (Fsp3) is 0.545. The number of nitrogens with zero attached hydrogens (tertiary/aromatic N) is 5. The zero-order chi connectivity index (χ0) is 18.6. The summed E-state index contributed by atoms with van der Waals surface area (Å²) in [5.74, 6) is 2.68. The van der Waals surface area contributed by atoms with Crippen molar-refractivity contribution in [1.82, 2.24) is 14.9 Å². The van der Waals surface area contributed by atoms with E-state index in [-0.39, 0.29) is 0 Å². The van der Waals surface area contributed by atoms with E-state index >= 15 is 0 Å². The van der Waals surface area contributed by atoms with Gasteiger partial charge in [0.05, 0.1) is 5.69 Å². The maximum Gasteiger partial charge on any atom is 0.227 e. The lowest BCUT2D eigenvalue weighted by Gasteiger charge is -2.36. The summed E-state index contributed by atoms with van der Waals surface area (Å²) in [7, 11) is 0. The first-order valence-corrected chi connectivity index (χ1v) is 10.4. The van der Waals surface area contributed by atoms with Gasteiger partial charge in [0.15, 0.2) is 0 Å². The van der Waals surface area contributed by atoms with Crippen LogP contribution in [0.3, 0.4) is 0 Å². The van der Waals surface area contributed by atoms with E-state index < -0.39 is 0 Å². The van der Waals surface area contributed by atoms with Gasteiger partial charge in [-0.05, 0) is 25.3 Å². The van der Waals surface area contributed by atoms with E-state index in [1.807, 2.05) is 0 Å². The van der Waals surface area contributed by atoms with Gasteiger partial charge in [-0.15, -0.1) is 0 Å². The smallest absolute Gasteiger partial charge is 0.227 e. The Morgan fingerprint density at radius 1 is 0.963 bits per heavy atom. The molecule has 1 unspecified atom stereocenters. The molecule has 1 aromatic carbocycles. The SMILES string of the molecule is CCN1CCN(c2cc(-c3ccccc3)nc(N3CCCC(C)C3)n2)CC1. The Hall–Kier alpha value is -2.14. The Morgan fingerprint density at radius 2 is 1.74 bits per heavy atom. The summed E-state index contributed by atoms with van der Waals surface area (Å²) in [4.78, 5) is 17.3. The zero-order valence-corrected chi connectivity index (χ0v) is 16.6. The third-order valence-corrected chi connectivity index (χ3v) is 5.85. The van der Waals surface area contributed by atoms with E-state index in [0.29, 0.717) is 5.92 Å². The predicted octanol–water partition coefficient (Wildman–Crippen LogP) is 3.52. The molecule has 27 heavy (non-hydrogen) atoms. The molecular formula is C22H31N5. The van der Waals surface area contributed by atoms with E-state index in [0.717, 1.165) is 63.3 Å². The van der Waals surface area contributed by atoms with Crippen molar-refractivity contribution in [2.75, 3.05) is 55.6 Å². The molecule has 2 aliphatic heterocycles. The van der Waals surface area contributed by atoms with Crippen molar-refractivity contribution in [2.45, 2.75) is 26.7 Å². The van der Waals surface area contributed by atoms with Crippen LogP contribution in [0.1, 0.15) is 26.7 Å². The van der Waals surface area contributed by atoms with Crippen molar-refractivity contribution < 1.29 is 0 Å². The van der Waals surface area contributed by atoms with Crippen molar-refractivity contribution in [2.24, 2.45) is 5.92 Å². The highest BCUT2D eigenvalue weighted by molar-refractivity contribution is 5.65. The molecular weight excluding hydrogens is 334 g/mol. The van der Waals surface area contributed by atoms with Crippen molar-refractivity contribution in [1.29, 1.82) is 0 Å². The van der Waals surface area contributed by atoms with Crippen LogP contribution in [0.5, 0.6) is 0 Å². The maximum absolute atomic E-state index is 5.01. The monoisotopic (exact) mass is 365 g/mol. The van der Waals surface area contributed by atoms with Gasteiger partial charge in [0.2, 0.25) is 5.95 Å². The number of anilines is 2. The number of piperidine rings is 1. The van der Waals surface area contributed by atoms with Crippen molar-refractivity contribution >= 4 is 11.8 Å². The number of aromatic nitrogens is 2. The molecule has 2 fully saturated rings. The molecule has 5 heteroatoms. The second-order valence-corrected chi connectivity index (χ2v) is 7.89. The number of hydrogen-bond acceptors (Lipinski definition) is 5. The van der Waals surface area contributed by atoms with Crippen LogP contribution in [0.25, 0.3) is 11.3 Å². The second kappa shape index (κ2) is 8.26. The fourth-order valence-corrected chi connectivity index (χ4v) is 4.15. The quantitative estimate of drug-likeness (QED) is 0.828. The van der Waals surface area contributed by atoms with Crippen LogP contribution in [0.15, 0.2) is 36.4 Å². The lowest BCUT2D eigenvalue weighted by molar-refractivity contribution is 0.270. The van der Waals surface area contributed by atoms with E-state index in [2.05, 4.69) is 64.9 Å². The van der Waals surface area contributed by atoms with Crippen LogP contribution >= 0.6 is 0 Å². The predicted molar refractivity (Wildman–Crippen MR) is 112 cm³/mol. The zero-order valence-electron chi connectivity index (χ0n) is 16.6. The minimum absolute atomic E-state index is 0.708. The Balaban J connectivity index is 1.66. The van der Waals surface area contributed by atoms with Gasteiger partial charge in [0.1, 0.15) is 5.82 Å². The summed E-state index contributed by atoms with van der Waals surface area (Å²) in [5, 5.41) is 0. The molecule has 4 rings (SSSR count). The molecule has 0 bridgehead atoms. The molecule has 2 aliphatic rings. The summed E-state index contributed by atoms with van der Waals surface area (Å²) in [6.45, 7) is 12.1. The van der Waals surface area contributed by atoms with Crippen molar-refractivity contribution in [3.8, 4) is 11.3 Å². The van der Waals surface area contributed by atoms with Gasteiger partial charge < -0.3 is 14.7 Å². The lowest BCUT2D eigenvalue weighted by atomic mass is 10.0. The summed E-state index contributed by atoms with van der Waals surface area (Å²) < 4.78 is 0. The molecule has 2 saturated heterocycles. The Kier molecular flexibility index (Phi) is 5.58. The first kappa shape index (κ1) is 18.2. The number of hydrogen-bond donors (Lipinski definition) is 0. The Morgan fingerprint density at radius 3 is 2.44 bits per heavy atom. The van der Waals surface area contributed by atoms with Crippen LogP contribution in [-0.2, 0) is 0 Å². The van der Waals surface area contributed by atoms with Gasteiger partial charge in [0, 0.05) is 50.9 Å². The third kappa shape index (κ3) is 4.24. The average Bonchev–Trinajstić information content (AvgIpc) is 2.74. The molecule has 2 aromatic rings. The standard InChI is InChI=1S/C22H31N5/c1-3-25-12-14-26(15-13-25)21-16-20(19-9-5-4-6-10-19)23-22(24-21)27-11-7-8-18(2)17-27/h4-6,9-10,16,18H,3,7-8,11-15,17H2,1-2H3. The van der Waals surface area contributed by atoms with E-state index in [9.17, 15) is 0 Å². The topological polar surface area (TPSA) is 35.5 Å². The van der Waals surface area contributed by atoms with E-state index in [1.54, 1.807) is 0 Å². The largest absolute Gasteiger partial charge is 0.354 e. The highest BCUT2D eigenvalue weighted by Gasteiger charge is 2.23. The molecule has 1 atom stereocenters. The Bertz CT molecular complexity index is 740. The molecule has 0 saturated carbocycles. The lowest BCUT2D eigenvalue weighted by Crippen LogP contribution is -2.46. The first-order chi connectivity index (χ1) is 13.2. The van der Waals surface area contributed by atoms with Gasteiger partial charge >= 0.3 is 0 Å². The molecule has 0 radical (unpaired) electrons. The number of benzene rings is 1. The first-order valence-electron chi connectivity index (χ1n) is 10.4. The van der Waals surface area contributed by atoms with Gasteiger partial charge in [0.25, 0.3) is 0 Å². The van der Waals surface area contributed by atoms with Gasteiger partial charge in [-0.25, -0.2) is 4.98 Å². The van der Waals surface area contributed by atoms with Gasteiger partial charge in [-0.1, -0.05) is 44.2 Å². The summed E-state index contributed by atoms with van der Waals surface area (Å²) in [6, 6.07) is 12.7. The van der Waals surface area contributed by atoms with Crippen LogP contribution in [0, 0.1) is 5.92 Å². The van der Waals surface area contributed by atoms with Crippen molar-refractivity contribution in [3.63, 3.8) is 0 Å². The highest BCUT2D eigenvalue weighted by atomic mass is 15.3. The van der Waals surface area contributed by atoms with Gasteiger partial charge in [-0.3, -0.25) is 0 Å². The van der Waals surface area contributed by atoms with Crippen LogP contribution in [0.2, 0.25) is 0 Å². The summed E-state index contributed by atoms with van der Waals surface area (Å²) >= 11 is 0.